The van der Waals surface area contributed by atoms with Gasteiger partial charge in [0, 0.05) is 16.3 Å². The highest BCUT2D eigenvalue weighted by molar-refractivity contribution is 7.94. The fourth-order valence-electron chi connectivity index (χ4n) is 3.51. The van der Waals surface area contributed by atoms with Crippen LogP contribution in [0.15, 0.2) is 86.3 Å². The zero-order valence-electron chi connectivity index (χ0n) is 19.3. The number of sulfonamides is 2. The molecule has 2 aromatic heterocycles. The van der Waals surface area contributed by atoms with Crippen molar-refractivity contribution in [3.63, 3.8) is 0 Å². The molecule has 196 valence electrons. The first kappa shape index (κ1) is 26.3. The molecule has 0 aliphatic rings. The number of rotatable bonds is 8. The van der Waals surface area contributed by atoms with E-state index in [1.807, 2.05) is 0 Å². The molecule has 0 unspecified atom stereocenters. The number of nitrogens with one attached hydrogen (secondary N) is 2. The molecule has 0 radical (unpaired) electrons. The van der Waals surface area contributed by atoms with Crippen LogP contribution in [-0.2, 0) is 20.0 Å². The molecule has 0 saturated heterocycles. The van der Waals surface area contributed by atoms with E-state index < -0.39 is 20.0 Å². The summed E-state index contributed by atoms with van der Waals surface area (Å²) in [5.74, 6) is 0.424. The zero-order valence-corrected chi connectivity index (χ0v) is 23.3. The van der Waals surface area contributed by atoms with Crippen LogP contribution in [0.25, 0.3) is 22.6 Å². The minimum absolute atomic E-state index is 0.103. The SMILES string of the molecule is COc1ccc(Cl)cc1S(=O)(=O)Nc1ccc2oc(-c3ccc(NS(=O)(=O)c4ccc(Cl)s4)cc3)nc2c1. The average Bonchev–Trinajstić information content (AvgIpc) is 3.50. The number of aromatic nitrogens is 1. The van der Waals surface area contributed by atoms with Gasteiger partial charge in [0.1, 0.15) is 20.4 Å². The highest BCUT2D eigenvalue weighted by Gasteiger charge is 2.21. The van der Waals surface area contributed by atoms with Crippen molar-refractivity contribution in [1.29, 1.82) is 0 Å². The summed E-state index contributed by atoms with van der Waals surface area (Å²) < 4.78 is 67.4. The van der Waals surface area contributed by atoms with Gasteiger partial charge in [-0.15, -0.1) is 11.3 Å². The summed E-state index contributed by atoms with van der Waals surface area (Å²) >= 11 is 12.8. The van der Waals surface area contributed by atoms with Crippen molar-refractivity contribution >= 4 is 77.1 Å². The lowest BCUT2D eigenvalue weighted by Crippen LogP contribution is -2.14. The number of oxazole rings is 1. The number of methoxy groups -OCH3 is 1. The van der Waals surface area contributed by atoms with E-state index in [0.29, 0.717) is 26.7 Å². The van der Waals surface area contributed by atoms with Crippen LogP contribution in [0.2, 0.25) is 9.36 Å². The summed E-state index contributed by atoms with van der Waals surface area (Å²) in [4.78, 5) is 4.34. The van der Waals surface area contributed by atoms with Crippen molar-refractivity contribution in [2.24, 2.45) is 0 Å². The smallest absolute Gasteiger partial charge is 0.271 e. The number of anilines is 2. The van der Waals surface area contributed by atoms with E-state index in [1.165, 1.54) is 43.5 Å². The highest BCUT2D eigenvalue weighted by Crippen LogP contribution is 2.32. The number of nitrogens with zero attached hydrogens (tertiary/aromatic N) is 1. The largest absolute Gasteiger partial charge is 0.495 e. The van der Waals surface area contributed by atoms with E-state index in [-0.39, 0.29) is 31.5 Å². The summed E-state index contributed by atoms with van der Waals surface area (Å²) in [5, 5.41) is 0.248. The normalized spacial score (nSPS) is 12.0. The molecule has 2 heterocycles. The maximum absolute atomic E-state index is 13.0. The first-order valence-electron chi connectivity index (χ1n) is 10.7. The van der Waals surface area contributed by atoms with Gasteiger partial charge >= 0.3 is 0 Å². The molecule has 2 N–H and O–H groups in total. The number of benzene rings is 3. The molecule has 0 spiro atoms. The quantitative estimate of drug-likeness (QED) is 0.206. The van der Waals surface area contributed by atoms with Gasteiger partial charge in [-0.05, 0) is 72.8 Å². The topological polar surface area (TPSA) is 128 Å². The Balaban J connectivity index is 1.37. The van der Waals surface area contributed by atoms with Crippen molar-refractivity contribution in [3.8, 4) is 17.2 Å². The summed E-state index contributed by atoms with van der Waals surface area (Å²) in [6.07, 6.45) is 0. The Morgan fingerprint density at radius 1 is 0.842 bits per heavy atom. The minimum Gasteiger partial charge on any atom is -0.495 e. The Morgan fingerprint density at radius 2 is 1.55 bits per heavy atom. The zero-order chi connectivity index (χ0) is 27.1. The first-order valence-corrected chi connectivity index (χ1v) is 15.2. The first-order chi connectivity index (χ1) is 18.0. The van der Waals surface area contributed by atoms with E-state index in [0.717, 1.165) is 11.3 Å². The van der Waals surface area contributed by atoms with Crippen LogP contribution in [0.3, 0.4) is 0 Å². The Labute approximate surface area is 232 Å². The van der Waals surface area contributed by atoms with Gasteiger partial charge in [-0.3, -0.25) is 9.44 Å². The van der Waals surface area contributed by atoms with Crippen molar-refractivity contribution in [1.82, 2.24) is 4.98 Å². The molecule has 5 aromatic rings. The van der Waals surface area contributed by atoms with E-state index in [2.05, 4.69) is 14.4 Å². The van der Waals surface area contributed by atoms with Gasteiger partial charge in [-0.1, -0.05) is 23.2 Å². The van der Waals surface area contributed by atoms with Gasteiger partial charge in [0.15, 0.2) is 5.58 Å². The van der Waals surface area contributed by atoms with Crippen molar-refractivity contribution < 1.29 is 26.0 Å². The maximum atomic E-state index is 13.0. The predicted octanol–water partition coefficient (Wildman–Crippen LogP) is 6.47. The second kappa shape index (κ2) is 10.1. The van der Waals surface area contributed by atoms with Crippen LogP contribution in [0.4, 0.5) is 11.4 Å². The molecule has 0 atom stereocenters. The molecule has 9 nitrogen and oxygen atoms in total. The van der Waals surface area contributed by atoms with Gasteiger partial charge in [-0.25, -0.2) is 21.8 Å². The number of fused-ring (bicyclic) bond motifs is 1. The molecule has 5 rings (SSSR count). The number of halogens is 2. The van der Waals surface area contributed by atoms with Crippen LogP contribution in [0.5, 0.6) is 5.75 Å². The van der Waals surface area contributed by atoms with E-state index in [1.54, 1.807) is 36.4 Å². The number of hydrogen-bond donors (Lipinski definition) is 2. The fourth-order valence-corrected chi connectivity index (χ4v) is 7.54. The van der Waals surface area contributed by atoms with Crippen molar-refractivity contribution in [3.05, 3.63) is 82.2 Å². The van der Waals surface area contributed by atoms with Crippen molar-refractivity contribution in [2.75, 3.05) is 16.6 Å². The van der Waals surface area contributed by atoms with E-state index in [4.69, 9.17) is 32.4 Å². The average molecular weight is 611 g/mol. The Hall–Kier alpha value is -3.29. The Morgan fingerprint density at radius 3 is 2.24 bits per heavy atom. The van der Waals surface area contributed by atoms with Crippen LogP contribution in [-0.4, -0.2) is 28.9 Å². The summed E-state index contributed by atoms with van der Waals surface area (Å²) in [7, 11) is -6.41. The van der Waals surface area contributed by atoms with Gasteiger partial charge in [0.05, 0.1) is 17.1 Å². The summed E-state index contributed by atoms with van der Waals surface area (Å²) in [5.41, 5.74) is 2.05. The third-order valence-electron chi connectivity index (χ3n) is 5.25. The standard InChI is InChI=1S/C24H17Cl2N3O6S3/c1-34-20-8-4-15(25)12-21(20)37(30,31)29-17-7-9-19-18(13-17)27-24(35-19)14-2-5-16(6-3-14)28-38(32,33)23-11-10-22(26)36-23/h2-13,28-29H,1H3. The number of ether oxygens (including phenoxy) is 1. The third-order valence-corrected chi connectivity index (χ3v) is 9.99. The highest BCUT2D eigenvalue weighted by atomic mass is 35.5. The molecule has 38 heavy (non-hydrogen) atoms. The molecule has 0 aliphatic heterocycles. The summed E-state index contributed by atoms with van der Waals surface area (Å²) in [6, 6.07) is 18.4. The molecule has 0 saturated carbocycles. The maximum Gasteiger partial charge on any atom is 0.271 e. The van der Waals surface area contributed by atoms with Crippen molar-refractivity contribution in [2.45, 2.75) is 9.10 Å². The van der Waals surface area contributed by atoms with E-state index in [9.17, 15) is 16.8 Å². The molecule has 0 bridgehead atoms. The van der Waals surface area contributed by atoms with E-state index >= 15 is 0 Å². The lowest BCUT2D eigenvalue weighted by molar-refractivity contribution is 0.403. The minimum atomic E-state index is -4.01. The molecule has 0 aliphatic carbocycles. The lowest BCUT2D eigenvalue weighted by Gasteiger charge is -2.11. The van der Waals surface area contributed by atoms with Gasteiger partial charge in [0.25, 0.3) is 20.0 Å². The molecular weight excluding hydrogens is 593 g/mol. The molecule has 14 heteroatoms. The predicted molar refractivity (Wildman–Crippen MR) is 148 cm³/mol. The van der Waals surface area contributed by atoms with Crippen LogP contribution >= 0.6 is 34.5 Å². The van der Waals surface area contributed by atoms with Gasteiger partial charge in [0.2, 0.25) is 5.89 Å². The second-order valence-electron chi connectivity index (χ2n) is 7.84. The second-order valence-corrected chi connectivity index (χ2v) is 13.6. The molecular formula is C24H17Cl2N3O6S3. The van der Waals surface area contributed by atoms with Gasteiger partial charge in [-0.2, -0.15) is 0 Å². The van der Waals surface area contributed by atoms with Crippen LogP contribution in [0.1, 0.15) is 0 Å². The number of hydrogen-bond acceptors (Lipinski definition) is 8. The van der Waals surface area contributed by atoms with Crippen LogP contribution in [0, 0.1) is 0 Å². The molecule has 3 aromatic carbocycles. The molecule has 0 amide bonds. The Bertz CT molecular complexity index is 1870. The van der Waals surface area contributed by atoms with Crippen LogP contribution < -0.4 is 14.2 Å². The number of thiophene rings is 1. The Kier molecular flexibility index (Phi) is 7.01. The summed E-state index contributed by atoms with van der Waals surface area (Å²) in [6.45, 7) is 0. The third kappa shape index (κ3) is 5.45. The molecule has 0 fully saturated rings. The lowest BCUT2D eigenvalue weighted by atomic mass is 10.2. The monoisotopic (exact) mass is 609 g/mol. The fraction of sp³-hybridized carbons (Fsp3) is 0.0417. The van der Waals surface area contributed by atoms with Gasteiger partial charge < -0.3 is 9.15 Å².